The van der Waals surface area contributed by atoms with Gasteiger partial charge in [0.25, 0.3) is 0 Å². The summed E-state index contributed by atoms with van der Waals surface area (Å²) in [6.07, 6.45) is 6.17. The van der Waals surface area contributed by atoms with Crippen molar-refractivity contribution in [3.05, 3.63) is 11.8 Å². The Morgan fingerprint density at radius 3 is 2.47 bits per heavy atom. The summed E-state index contributed by atoms with van der Waals surface area (Å²) in [5.74, 6) is -1.17. The Morgan fingerprint density at radius 2 is 1.93 bits per heavy atom. The first-order valence-electron chi connectivity index (χ1n) is 5.32. The summed E-state index contributed by atoms with van der Waals surface area (Å²) in [6, 6.07) is 0. The molecule has 1 amide bonds. The van der Waals surface area contributed by atoms with Gasteiger partial charge in [0.05, 0.1) is 0 Å². The fraction of sp³-hybridized carbons (Fsp3) is 0.727. The van der Waals surface area contributed by atoms with Crippen molar-refractivity contribution in [2.45, 2.75) is 45.3 Å². The molecule has 15 heavy (non-hydrogen) atoms. The maximum absolute atomic E-state index is 11.2. The van der Waals surface area contributed by atoms with Crippen LogP contribution in [0, 0.1) is 0 Å². The Balaban J connectivity index is 0.000000195. The SMILES string of the molecule is CC(C)(O)O.O=C1CCC=C2CCCN12. The lowest BCUT2D eigenvalue weighted by Crippen LogP contribution is -2.28. The molecule has 0 aromatic rings. The number of aliphatic hydroxyl groups is 2. The highest BCUT2D eigenvalue weighted by molar-refractivity contribution is 5.79. The summed E-state index contributed by atoms with van der Waals surface area (Å²) in [5, 5.41) is 16.2. The summed E-state index contributed by atoms with van der Waals surface area (Å²) in [4.78, 5) is 13.1. The number of amides is 1. The average Bonchev–Trinajstić information content (AvgIpc) is 2.49. The Bertz CT molecular complexity index is 259. The third-order valence-electron chi connectivity index (χ3n) is 2.20. The molecule has 1 fully saturated rings. The highest BCUT2D eigenvalue weighted by Gasteiger charge is 2.24. The van der Waals surface area contributed by atoms with E-state index in [-0.39, 0.29) is 0 Å². The van der Waals surface area contributed by atoms with Crippen LogP contribution in [0.1, 0.15) is 39.5 Å². The Morgan fingerprint density at radius 1 is 1.33 bits per heavy atom. The third kappa shape index (κ3) is 4.44. The van der Waals surface area contributed by atoms with Gasteiger partial charge in [0.1, 0.15) is 0 Å². The molecule has 2 heterocycles. The number of rotatable bonds is 0. The zero-order valence-corrected chi connectivity index (χ0v) is 9.36. The van der Waals surface area contributed by atoms with Crippen LogP contribution >= 0.6 is 0 Å². The number of carbonyl (C=O) groups is 1. The zero-order chi connectivity index (χ0) is 11.5. The van der Waals surface area contributed by atoms with Crippen LogP contribution in [0.3, 0.4) is 0 Å². The van der Waals surface area contributed by atoms with E-state index in [9.17, 15) is 4.79 Å². The maximum atomic E-state index is 11.2. The summed E-state index contributed by atoms with van der Waals surface area (Å²) < 4.78 is 0. The predicted octanol–water partition coefficient (Wildman–Crippen LogP) is 0.994. The maximum Gasteiger partial charge on any atom is 0.227 e. The van der Waals surface area contributed by atoms with Crippen LogP contribution in [0.4, 0.5) is 0 Å². The van der Waals surface area contributed by atoms with E-state index in [2.05, 4.69) is 6.08 Å². The minimum absolute atomic E-state index is 0.329. The van der Waals surface area contributed by atoms with Crippen molar-refractivity contribution in [3.8, 4) is 0 Å². The second kappa shape index (κ2) is 4.77. The van der Waals surface area contributed by atoms with Gasteiger partial charge in [-0.3, -0.25) is 4.79 Å². The van der Waals surface area contributed by atoms with Crippen LogP contribution in [0.2, 0.25) is 0 Å². The van der Waals surface area contributed by atoms with Crippen molar-refractivity contribution >= 4 is 5.91 Å². The van der Waals surface area contributed by atoms with E-state index in [1.165, 1.54) is 19.5 Å². The van der Waals surface area contributed by atoms with Crippen molar-refractivity contribution < 1.29 is 15.0 Å². The molecule has 86 valence electrons. The van der Waals surface area contributed by atoms with Crippen LogP contribution in [0.25, 0.3) is 0 Å². The minimum atomic E-state index is -1.50. The number of hydrogen-bond donors (Lipinski definition) is 2. The largest absolute Gasteiger partial charge is 0.366 e. The van der Waals surface area contributed by atoms with Crippen molar-refractivity contribution in [1.29, 1.82) is 0 Å². The van der Waals surface area contributed by atoms with Crippen molar-refractivity contribution in [2.75, 3.05) is 6.54 Å². The molecule has 4 nitrogen and oxygen atoms in total. The predicted molar refractivity (Wildman–Crippen MR) is 56.8 cm³/mol. The number of nitrogens with zero attached hydrogens (tertiary/aromatic N) is 1. The lowest BCUT2D eigenvalue weighted by atomic mass is 10.1. The van der Waals surface area contributed by atoms with E-state index >= 15 is 0 Å². The van der Waals surface area contributed by atoms with E-state index < -0.39 is 5.79 Å². The molecule has 0 saturated carbocycles. The van der Waals surface area contributed by atoms with E-state index in [0.29, 0.717) is 5.91 Å². The Hall–Kier alpha value is -0.870. The first-order chi connectivity index (χ1) is 6.88. The fourth-order valence-electron chi connectivity index (χ4n) is 1.69. The van der Waals surface area contributed by atoms with Gasteiger partial charge >= 0.3 is 0 Å². The molecule has 0 radical (unpaired) electrons. The summed E-state index contributed by atoms with van der Waals surface area (Å²) in [5.41, 5.74) is 1.27. The number of hydrogen-bond acceptors (Lipinski definition) is 3. The number of allylic oxidation sites excluding steroid dienone is 2. The molecule has 2 N–H and O–H groups in total. The quantitative estimate of drug-likeness (QED) is 0.590. The normalized spacial score (nSPS) is 20.4. The standard InChI is InChI=1S/C8H11NO.C3H8O2/c10-8-5-1-3-7-4-2-6-9(7)8;1-3(2,4)5/h3H,1-2,4-6H2;4-5H,1-2H3. The molecule has 0 aromatic carbocycles. The van der Waals surface area contributed by atoms with E-state index in [0.717, 1.165) is 32.2 Å². The van der Waals surface area contributed by atoms with Crippen molar-refractivity contribution in [3.63, 3.8) is 0 Å². The van der Waals surface area contributed by atoms with Gasteiger partial charge in [0.15, 0.2) is 5.79 Å². The number of carbonyl (C=O) groups excluding carboxylic acids is 1. The van der Waals surface area contributed by atoms with Gasteiger partial charge in [-0.15, -0.1) is 0 Å². The first-order valence-corrected chi connectivity index (χ1v) is 5.32. The minimum Gasteiger partial charge on any atom is -0.366 e. The van der Waals surface area contributed by atoms with Gasteiger partial charge < -0.3 is 15.1 Å². The highest BCUT2D eigenvalue weighted by atomic mass is 16.5. The molecule has 0 spiro atoms. The topological polar surface area (TPSA) is 60.8 Å². The van der Waals surface area contributed by atoms with Gasteiger partial charge in [-0.1, -0.05) is 6.08 Å². The van der Waals surface area contributed by atoms with Crippen LogP contribution in [0.5, 0.6) is 0 Å². The third-order valence-corrected chi connectivity index (χ3v) is 2.20. The van der Waals surface area contributed by atoms with E-state index in [1.807, 2.05) is 4.90 Å². The van der Waals surface area contributed by atoms with Crippen LogP contribution in [0.15, 0.2) is 11.8 Å². The molecule has 2 aliphatic heterocycles. The van der Waals surface area contributed by atoms with Gasteiger partial charge in [0.2, 0.25) is 5.91 Å². The smallest absolute Gasteiger partial charge is 0.227 e. The summed E-state index contributed by atoms with van der Waals surface area (Å²) in [7, 11) is 0. The molecule has 0 unspecified atom stereocenters. The number of fused-ring (bicyclic) bond motifs is 1. The van der Waals surface area contributed by atoms with Crippen molar-refractivity contribution in [2.24, 2.45) is 0 Å². The highest BCUT2D eigenvalue weighted by Crippen LogP contribution is 2.26. The van der Waals surface area contributed by atoms with Crippen LogP contribution < -0.4 is 0 Å². The van der Waals surface area contributed by atoms with Gasteiger partial charge in [-0.2, -0.15) is 0 Å². The molecule has 0 atom stereocenters. The lowest BCUT2D eigenvalue weighted by Gasteiger charge is -2.21. The van der Waals surface area contributed by atoms with Crippen LogP contribution in [-0.2, 0) is 4.79 Å². The van der Waals surface area contributed by atoms with Gasteiger partial charge in [-0.05, 0) is 33.1 Å². The van der Waals surface area contributed by atoms with Crippen molar-refractivity contribution in [1.82, 2.24) is 4.90 Å². The summed E-state index contributed by atoms with van der Waals surface area (Å²) >= 11 is 0. The second-order valence-corrected chi connectivity index (χ2v) is 4.38. The molecule has 0 aromatic heterocycles. The average molecular weight is 213 g/mol. The Kier molecular flexibility index (Phi) is 3.88. The van der Waals surface area contributed by atoms with Gasteiger partial charge in [-0.25, -0.2) is 0 Å². The molecular formula is C11H19NO3. The molecule has 1 saturated heterocycles. The molecular weight excluding hydrogens is 194 g/mol. The lowest BCUT2D eigenvalue weighted by molar-refractivity contribution is -0.129. The van der Waals surface area contributed by atoms with E-state index in [4.69, 9.17) is 10.2 Å². The zero-order valence-electron chi connectivity index (χ0n) is 9.36. The molecule has 0 aliphatic carbocycles. The van der Waals surface area contributed by atoms with Crippen LogP contribution in [-0.4, -0.2) is 33.4 Å². The second-order valence-electron chi connectivity index (χ2n) is 4.38. The molecule has 4 heteroatoms. The molecule has 2 rings (SSSR count). The monoisotopic (exact) mass is 213 g/mol. The van der Waals surface area contributed by atoms with Gasteiger partial charge in [0, 0.05) is 18.7 Å². The molecule has 0 bridgehead atoms. The molecule has 2 aliphatic rings. The van der Waals surface area contributed by atoms with E-state index in [1.54, 1.807) is 0 Å². The Labute approximate surface area is 90.2 Å². The fourth-order valence-corrected chi connectivity index (χ4v) is 1.69. The summed E-state index contributed by atoms with van der Waals surface area (Å²) in [6.45, 7) is 3.56. The first kappa shape index (κ1) is 12.2.